The van der Waals surface area contributed by atoms with Crippen LogP contribution in [0.25, 0.3) is 0 Å². The molecule has 2 aliphatic carbocycles. The fourth-order valence-corrected chi connectivity index (χ4v) is 5.35. The van der Waals surface area contributed by atoms with Crippen molar-refractivity contribution in [1.29, 1.82) is 0 Å². The van der Waals surface area contributed by atoms with Crippen molar-refractivity contribution in [1.82, 2.24) is 10.6 Å². The number of carbonyl (C=O) groups is 1. The Balaban J connectivity index is 0.00000320. The fourth-order valence-electron chi connectivity index (χ4n) is 4.00. The van der Waals surface area contributed by atoms with Crippen LogP contribution in [-0.2, 0) is 22.1 Å². The van der Waals surface area contributed by atoms with Gasteiger partial charge in [-0.15, -0.1) is 24.0 Å². The molecule has 1 amide bonds. The number of hydrogen-bond donors (Lipinski definition) is 3. The van der Waals surface area contributed by atoms with Crippen LogP contribution in [-0.4, -0.2) is 40.2 Å². The number of anilines is 1. The quantitative estimate of drug-likeness (QED) is 0.276. The number of amides is 1. The van der Waals surface area contributed by atoms with E-state index in [1.165, 1.54) is 0 Å². The molecule has 2 saturated carbocycles. The van der Waals surface area contributed by atoms with Gasteiger partial charge in [0.2, 0.25) is 5.91 Å². The summed E-state index contributed by atoms with van der Waals surface area (Å²) in [6, 6.07) is 8.26. The highest BCUT2D eigenvalue weighted by atomic mass is 127. The summed E-state index contributed by atoms with van der Waals surface area (Å²) in [5, 5.41) is 10.2. The van der Waals surface area contributed by atoms with E-state index in [1.54, 1.807) is 7.05 Å². The lowest BCUT2D eigenvalue weighted by atomic mass is 9.85. The first-order chi connectivity index (χ1) is 14.1. The zero-order chi connectivity index (χ0) is 20.6. The maximum absolute atomic E-state index is 12.2. The van der Waals surface area contributed by atoms with E-state index in [4.69, 9.17) is 0 Å². The van der Waals surface area contributed by atoms with Crippen LogP contribution >= 0.6 is 24.0 Å². The molecule has 2 fully saturated rings. The molecule has 0 heterocycles. The second kappa shape index (κ2) is 12.6. The molecule has 1 aromatic carbocycles. The Hall–Kier alpha value is -1.16. The lowest BCUT2D eigenvalue weighted by molar-refractivity contribution is -0.122. The maximum Gasteiger partial charge on any atom is 0.227 e. The van der Waals surface area contributed by atoms with Gasteiger partial charge < -0.3 is 16.0 Å². The molecular weight excluding hydrogens is 511 g/mol. The number of halogens is 1. The summed E-state index contributed by atoms with van der Waals surface area (Å²) in [6.07, 6.45) is 7.35. The zero-order valence-electron chi connectivity index (χ0n) is 18.0. The van der Waals surface area contributed by atoms with E-state index in [0.717, 1.165) is 67.9 Å². The van der Waals surface area contributed by atoms with E-state index in [0.29, 0.717) is 17.8 Å². The Bertz CT molecular complexity index is 754. The van der Waals surface area contributed by atoms with Crippen molar-refractivity contribution < 1.29 is 9.00 Å². The third kappa shape index (κ3) is 7.21. The molecule has 1 aromatic rings. The highest BCUT2D eigenvalue weighted by molar-refractivity contribution is 14.0. The number of guanidine groups is 1. The van der Waals surface area contributed by atoms with Gasteiger partial charge in [0, 0.05) is 53.0 Å². The van der Waals surface area contributed by atoms with Gasteiger partial charge >= 0.3 is 0 Å². The summed E-state index contributed by atoms with van der Waals surface area (Å²) >= 11 is 0. The number of carbonyl (C=O) groups excluding carboxylic acids is 1. The van der Waals surface area contributed by atoms with E-state index in [1.807, 2.05) is 31.2 Å². The Labute approximate surface area is 199 Å². The third-order valence-electron chi connectivity index (χ3n) is 5.98. The molecule has 0 aliphatic heterocycles. The predicted octanol–water partition coefficient (Wildman–Crippen LogP) is 3.79. The number of benzene rings is 1. The summed E-state index contributed by atoms with van der Waals surface area (Å²) in [7, 11) is 1.05. The second-order valence-corrected chi connectivity index (χ2v) is 10.0. The van der Waals surface area contributed by atoms with Gasteiger partial charge in [0.25, 0.3) is 0 Å². The maximum atomic E-state index is 12.2. The standard InChI is InChI=1S/C22H34N4O2S.HI/c1-3-29(28)20-12-6-11-19(14-20)26-22(23-2)24-15-16-7-4-10-18(13-16)25-21(27)17-8-5-9-17;/h4,7,10,13,17,19-20H,3,5-6,8-9,11-12,14-15H2,1-2H3,(H,25,27)(H2,23,24,26);1H. The van der Waals surface area contributed by atoms with Gasteiger partial charge in [-0.05, 0) is 49.8 Å². The number of aliphatic imine (C=N–C) groups is 1. The zero-order valence-corrected chi connectivity index (χ0v) is 21.1. The van der Waals surface area contributed by atoms with Gasteiger partial charge in [-0.2, -0.15) is 0 Å². The SMILES string of the molecule is CCS(=O)C1CCCC(NC(=NC)NCc2cccc(NC(=O)C3CCC3)c2)C1.I. The molecule has 3 atom stereocenters. The monoisotopic (exact) mass is 546 g/mol. The minimum atomic E-state index is -0.727. The van der Waals surface area contributed by atoms with Gasteiger partial charge in [0.15, 0.2) is 5.96 Å². The van der Waals surface area contributed by atoms with E-state index in [2.05, 4.69) is 20.9 Å². The molecule has 30 heavy (non-hydrogen) atoms. The lowest BCUT2D eigenvalue weighted by Crippen LogP contribution is -2.46. The van der Waals surface area contributed by atoms with Gasteiger partial charge in [-0.3, -0.25) is 14.0 Å². The predicted molar refractivity (Wildman–Crippen MR) is 136 cm³/mol. The van der Waals surface area contributed by atoms with Crippen LogP contribution in [0, 0.1) is 5.92 Å². The largest absolute Gasteiger partial charge is 0.354 e. The van der Waals surface area contributed by atoms with E-state index >= 15 is 0 Å². The molecule has 3 N–H and O–H groups in total. The van der Waals surface area contributed by atoms with Gasteiger partial charge in [0.1, 0.15) is 0 Å². The molecule has 0 bridgehead atoms. The Morgan fingerprint density at radius 3 is 2.63 bits per heavy atom. The number of nitrogens with zero attached hydrogens (tertiary/aromatic N) is 1. The molecule has 3 unspecified atom stereocenters. The number of nitrogens with one attached hydrogen (secondary N) is 3. The van der Waals surface area contributed by atoms with Gasteiger partial charge in [-0.25, -0.2) is 0 Å². The first-order valence-electron chi connectivity index (χ1n) is 10.8. The van der Waals surface area contributed by atoms with Crippen LogP contribution in [0.1, 0.15) is 57.4 Å². The van der Waals surface area contributed by atoms with Crippen LogP contribution in [0.15, 0.2) is 29.3 Å². The molecule has 0 aromatic heterocycles. The molecule has 3 rings (SSSR count). The van der Waals surface area contributed by atoms with Crippen molar-refractivity contribution in [3.63, 3.8) is 0 Å². The lowest BCUT2D eigenvalue weighted by Gasteiger charge is -2.30. The summed E-state index contributed by atoms with van der Waals surface area (Å²) in [4.78, 5) is 16.5. The normalized spacial score (nSPS) is 22.9. The van der Waals surface area contributed by atoms with Crippen LogP contribution in [0.5, 0.6) is 0 Å². The van der Waals surface area contributed by atoms with Crippen molar-refractivity contribution in [3.8, 4) is 0 Å². The first-order valence-corrected chi connectivity index (χ1v) is 12.2. The summed E-state index contributed by atoms with van der Waals surface area (Å²) in [6.45, 7) is 2.63. The Morgan fingerprint density at radius 2 is 1.97 bits per heavy atom. The molecule has 0 radical (unpaired) electrons. The molecule has 2 aliphatic rings. The number of rotatable bonds is 7. The average Bonchev–Trinajstić information content (AvgIpc) is 2.69. The highest BCUT2D eigenvalue weighted by Gasteiger charge is 2.26. The van der Waals surface area contributed by atoms with Crippen molar-refractivity contribution in [3.05, 3.63) is 29.8 Å². The third-order valence-corrected chi connectivity index (χ3v) is 7.72. The summed E-state index contributed by atoms with van der Waals surface area (Å²) in [5.74, 6) is 1.82. The molecule has 168 valence electrons. The van der Waals surface area contributed by atoms with E-state index in [9.17, 15) is 9.00 Å². The fraction of sp³-hybridized carbons (Fsp3) is 0.636. The molecular formula is C22H35IN4O2S. The van der Waals surface area contributed by atoms with Crippen molar-refractivity contribution in [2.45, 2.75) is 69.7 Å². The van der Waals surface area contributed by atoms with Crippen molar-refractivity contribution >= 4 is 52.3 Å². The van der Waals surface area contributed by atoms with Crippen LogP contribution in [0.3, 0.4) is 0 Å². The smallest absolute Gasteiger partial charge is 0.227 e. The molecule has 8 heteroatoms. The van der Waals surface area contributed by atoms with Crippen LogP contribution in [0.4, 0.5) is 5.69 Å². The van der Waals surface area contributed by atoms with Gasteiger partial charge in [-0.1, -0.05) is 31.9 Å². The minimum Gasteiger partial charge on any atom is -0.354 e. The van der Waals surface area contributed by atoms with Gasteiger partial charge in [0.05, 0.1) is 0 Å². The Morgan fingerprint density at radius 1 is 1.20 bits per heavy atom. The van der Waals surface area contributed by atoms with Crippen molar-refractivity contribution in [2.75, 3.05) is 18.1 Å². The highest BCUT2D eigenvalue weighted by Crippen LogP contribution is 2.27. The second-order valence-electron chi connectivity index (χ2n) is 8.04. The first kappa shape index (κ1) is 25.1. The van der Waals surface area contributed by atoms with Crippen molar-refractivity contribution in [2.24, 2.45) is 10.9 Å². The van der Waals surface area contributed by atoms with Crippen LogP contribution < -0.4 is 16.0 Å². The Kier molecular flexibility index (Phi) is 10.6. The van der Waals surface area contributed by atoms with Crippen LogP contribution in [0.2, 0.25) is 0 Å². The van der Waals surface area contributed by atoms with E-state index < -0.39 is 10.8 Å². The molecule has 0 saturated heterocycles. The molecule has 0 spiro atoms. The minimum absolute atomic E-state index is 0. The number of hydrogen-bond acceptors (Lipinski definition) is 3. The summed E-state index contributed by atoms with van der Waals surface area (Å²) in [5.41, 5.74) is 1.94. The topological polar surface area (TPSA) is 82.6 Å². The average molecular weight is 547 g/mol. The molecule has 6 nitrogen and oxygen atoms in total. The summed E-state index contributed by atoms with van der Waals surface area (Å²) < 4.78 is 12.2. The van der Waals surface area contributed by atoms with E-state index in [-0.39, 0.29) is 35.8 Å².